The summed E-state index contributed by atoms with van der Waals surface area (Å²) in [4.78, 5) is 24.4. The van der Waals surface area contributed by atoms with Crippen molar-refractivity contribution >= 4 is 22.4 Å². The van der Waals surface area contributed by atoms with Gasteiger partial charge in [-0.3, -0.25) is 9.59 Å². The number of amides is 1. The van der Waals surface area contributed by atoms with Gasteiger partial charge in [-0.2, -0.15) is 5.10 Å². The third-order valence-corrected chi connectivity index (χ3v) is 3.79. The van der Waals surface area contributed by atoms with E-state index in [-0.39, 0.29) is 23.6 Å². The molecular formula is C18H17N3O3. The Morgan fingerprint density at radius 1 is 1.21 bits per heavy atom. The van der Waals surface area contributed by atoms with Crippen LogP contribution in [0.4, 0.5) is 5.69 Å². The number of aromatic nitrogens is 2. The van der Waals surface area contributed by atoms with Gasteiger partial charge in [0, 0.05) is 12.4 Å². The summed E-state index contributed by atoms with van der Waals surface area (Å²) in [7, 11) is 1.56. The molecule has 0 saturated carbocycles. The van der Waals surface area contributed by atoms with Crippen LogP contribution in [0.3, 0.4) is 0 Å². The summed E-state index contributed by atoms with van der Waals surface area (Å²) in [6.45, 7) is 1.85. The topological polar surface area (TPSA) is 84.2 Å². The van der Waals surface area contributed by atoms with Gasteiger partial charge in [-0.05, 0) is 30.7 Å². The van der Waals surface area contributed by atoms with E-state index < -0.39 is 0 Å². The molecule has 0 atom stereocenters. The number of carbonyl (C=O) groups is 1. The Labute approximate surface area is 138 Å². The molecule has 3 aromatic rings. The van der Waals surface area contributed by atoms with Crippen molar-refractivity contribution < 1.29 is 9.90 Å². The molecule has 0 radical (unpaired) electrons. The molecule has 0 fully saturated rings. The van der Waals surface area contributed by atoms with Crippen molar-refractivity contribution in [3.63, 3.8) is 0 Å². The van der Waals surface area contributed by atoms with Crippen LogP contribution in [-0.4, -0.2) is 20.8 Å². The van der Waals surface area contributed by atoms with Crippen molar-refractivity contribution in [2.24, 2.45) is 7.05 Å². The molecule has 0 aliphatic carbocycles. The van der Waals surface area contributed by atoms with Gasteiger partial charge >= 0.3 is 0 Å². The van der Waals surface area contributed by atoms with Crippen LogP contribution in [0.1, 0.15) is 11.3 Å². The van der Waals surface area contributed by atoms with Crippen LogP contribution in [0, 0.1) is 6.92 Å². The van der Waals surface area contributed by atoms with Crippen molar-refractivity contribution in [2.45, 2.75) is 13.3 Å². The van der Waals surface area contributed by atoms with Crippen LogP contribution >= 0.6 is 0 Å². The molecular weight excluding hydrogens is 306 g/mol. The molecule has 6 nitrogen and oxygen atoms in total. The average Bonchev–Trinajstić information content (AvgIpc) is 2.55. The van der Waals surface area contributed by atoms with Crippen LogP contribution in [-0.2, 0) is 18.3 Å². The van der Waals surface area contributed by atoms with Crippen molar-refractivity contribution in [3.8, 4) is 5.75 Å². The zero-order valence-electron chi connectivity index (χ0n) is 13.4. The molecule has 0 aliphatic heterocycles. The largest absolute Gasteiger partial charge is 0.506 e. The van der Waals surface area contributed by atoms with E-state index in [1.165, 1.54) is 4.68 Å². The predicted molar refractivity (Wildman–Crippen MR) is 92.2 cm³/mol. The molecule has 3 rings (SSSR count). The maximum absolute atomic E-state index is 12.3. The van der Waals surface area contributed by atoms with Crippen LogP contribution in [0.25, 0.3) is 10.8 Å². The number of fused-ring (bicyclic) bond motifs is 1. The predicted octanol–water partition coefficient (Wildman–Crippen LogP) is 2.13. The molecule has 1 heterocycles. The Morgan fingerprint density at radius 2 is 1.92 bits per heavy atom. The first-order valence-electron chi connectivity index (χ1n) is 7.50. The molecule has 0 aliphatic rings. The molecule has 0 spiro atoms. The molecule has 0 unspecified atom stereocenters. The molecule has 0 bridgehead atoms. The van der Waals surface area contributed by atoms with Gasteiger partial charge in [0.1, 0.15) is 5.75 Å². The summed E-state index contributed by atoms with van der Waals surface area (Å²) in [5.74, 6) is -0.299. The molecule has 2 N–H and O–H groups in total. The van der Waals surface area contributed by atoms with Crippen LogP contribution in [0.15, 0.2) is 47.3 Å². The second-order valence-corrected chi connectivity index (χ2v) is 5.67. The number of anilines is 1. The smallest absolute Gasteiger partial charge is 0.274 e. The van der Waals surface area contributed by atoms with E-state index in [4.69, 9.17) is 0 Å². The molecule has 2 aromatic carbocycles. The standard InChI is InChI=1S/C18H17N3O3/c1-11-7-8-14(16(22)9-11)19-17(23)10-15-12-5-3-4-6-13(12)18(24)21(2)20-15/h3-9,22H,10H2,1-2H3,(H,19,23). The Bertz CT molecular complexity index is 992. The summed E-state index contributed by atoms with van der Waals surface area (Å²) < 4.78 is 1.23. The van der Waals surface area contributed by atoms with Crippen molar-refractivity contribution in [1.29, 1.82) is 0 Å². The van der Waals surface area contributed by atoms with E-state index in [0.717, 1.165) is 5.56 Å². The lowest BCUT2D eigenvalue weighted by molar-refractivity contribution is -0.115. The molecule has 0 saturated heterocycles. The fraction of sp³-hybridized carbons (Fsp3) is 0.167. The van der Waals surface area contributed by atoms with Crippen LogP contribution in [0.2, 0.25) is 0 Å². The zero-order valence-corrected chi connectivity index (χ0v) is 13.4. The van der Waals surface area contributed by atoms with Gasteiger partial charge in [-0.25, -0.2) is 4.68 Å². The third-order valence-electron chi connectivity index (χ3n) is 3.79. The summed E-state index contributed by atoms with van der Waals surface area (Å²) in [5.41, 5.74) is 1.55. The van der Waals surface area contributed by atoms with Gasteiger partial charge in [0.25, 0.3) is 5.56 Å². The average molecular weight is 323 g/mol. The van der Waals surface area contributed by atoms with Gasteiger partial charge in [0.05, 0.1) is 23.2 Å². The molecule has 1 amide bonds. The van der Waals surface area contributed by atoms with Crippen molar-refractivity contribution in [2.75, 3.05) is 5.32 Å². The van der Waals surface area contributed by atoms with E-state index in [0.29, 0.717) is 22.2 Å². The Morgan fingerprint density at radius 3 is 2.62 bits per heavy atom. The second-order valence-electron chi connectivity index (χ2n) is 5.67. The lowest BCUT2D eigenvalue weighted by Gasteiger charge is -2.10. The Hall–Kier alpha value is -3.15. The highest BCUT2D eigenvalue weighted by atomic mass is 16.3. The highest BCUT2D eigenvalue weighted by Crippen LogP contribution is 2.24. The summed E-state index contributed by atoms with van der Waals surface area (Å²) in [6.07, 6.45) is 0.00193. The van der Waals surface area contributed by atoms with E-state index in [2.05, 4.69) is 10.4 Å². The van der Waals surface area contributed by atoms with E-state index in [9.17, 15) is 14.7 Å². The number of aryl methyl sites for hydroxylation is 2. The number of carbonyl (C=O) groups excluding carboxylic acids is 1. The SMILES string of the molecule is Cc1ccc(NC(=O)Cc2nn(C)c(=O)c3ccccc23)c(O)c1. The van der Waals surface area contributed by atoms with E-state index >= 15 is 0 Å². The molecule has 24 heavy (non-hydrogen) atoms. The minimum Gasteiger partial charge on any atom is -0.506 e. The second kappa shape index (κ2) is 6.16. The minimum atomic E-state index is -0.314. The number of benzene rings is 2. The van der Waals surface area contributed by atoms with Crippen LogP contribution < -0.4 is 10.9 Å². The quantitative estimate of drug-likeness (QED) is 0.723. The van der Waals surface area contributed by atoms with Gasteiger partial charge in [0.2, 0.25) is 5.91 Å². The summed E-state index contributed by atoms with van der Waals surface area (Å²) in [5, 5.41) is 17.9. The van der Waals surface area contributed by atoms with Gasteiger partial charge in [-0.15, -0.1) is 0 Å². The van der Waals surface area contributed by atoms with Gasteiger partial charge < -0.3 is 10.4 Å². The van der Waals surface area contributed by atoms with Gasteiger partial charge in [-0.1, -0.05) is 24.3 Å². The highest BCUT2D eigenvalue weighted by Gasteiger charge is 2.13. The highest BCUT2D eigenvalue weighted by molar-refractivity contribution is 5.96. The normalized spacial score (nSPS) is 10.8. The lowest BCUT2D eigenvalue weighted by atomic mass is 10.1. The number of hydrogen-bond acceptors (Lipinski definition) is 4. The number of nitrogens with zero attached hydrogens (tertiary/aromatic N) is 2. The fourth-order valence-corrected chi connectivity index (χ4v) is 2.60. The minimum absolute atomic E-state index is 0.00193. The Kier molecular flexibility index (Phi) is 4.04. The number of aromatic hydroxyl groups is 1. The number of phenolic OH excluding ortho intramolecular Hbond substituents is 1. The van der Waals surface area contributed by atoms with E-state index in [1.807, 2.05) is 6.92 Å². The number of phenols is 1. The molecule has 6 heteroatoms. The maximum atomic E-state index is 12.3. The molecule has 122 valence electrons. The van der Waals surface area contributed by atoms with Crippen molar-refractivity contribution in [3.05, 3.63) is 64.1 Å². The van der Waals surface area contributed by atoms with Crippen molar-refractivity contribution in [1.82, 2.24) is 9.78 Å². The number of rotatable bonds is 3. The van der Waals surface area contributed by atoms with Crippen LogP contribution in [0.5, 0.6) is 5.75 Å². The summed E-state index contributed by atoms with van der Waals surface area (Å²) in [6, 6.07) is 12.1. The number of nitrogens with one attached hydrogen (secondary N) is 1. The number of hydrogen-bond donors (Lipinski definition) is 2. The molecule has 1 aromatic heterocycles. The van der Waals surface area contributed by atoms with E-state index in [1.54, 1.807) is 49.5 Å². The third kappa shape index (κ3) is 2.99. The first-order valence-corrected chi connectivity index (χ1v) is 7.50. The zero-order chi connectivity index (χ0) is 17.3. The maximum Gasteiger partial charge on any atom is 0.274 e. The first kappa shape index (κ1) is 15.7. The summed E-state index contributed by atoms with van der Waals surface area (Å²) >= 11 is 0. The fourth-order valence-electron chi connectivity index (χ4n) is 2.60. The lowest BCUT2D eigenvalue weighted by Crippen LogP contribution is -2.24. The first-order chi connectivity index (χ1) is 11.5. The Balaban J connectivity index is 1.91. The van der Waals surface area contributed by atoms with Gasteiger partial charge in [0.15, 0.2) is 0 Å². The monoisotopic (exact) mass is 323 g/mol.